The first-order chi connectivity index (χ1) is 9.69. The summed E-state index contributed by atoms with van der Waals surface area (Å²) in [6, 6.07) is -0.0213. The number of aliphatic hydroxyl groups is 1. The van der Waals surface area contributed by atoms with Crippen molar-refractivity contribution < 1.29 is 23.5 Å². The predicted octanol–water partition coefficient (Wildman–Crippen LogP) is 1.01. The summed E-state index contributed by atoms with van der Waals surface area (Å²) in [4.78, 5) is 26.0. The number of halogens is 2. The van der Waals surface area contributed by atoms with Crippen LogP contribution in [0.15, 0.2) is 0 Å². The quantitative estimate of drug-likeness (QED) is 0.846. The van der Waals surface area contributed by atoms with E-state index in [-0.39, 0.29) is 37.9 Å². The third-order valence-corrected chi connectivity index (χ3v) is 4.83. The Morgan fingerprint density at radius 2 is 1.81 bits per heavy atom. The number of carbonyl (C=O) groups excluding carboxylic acids is 2. The average Bonchev–Trinajstić information content (AvgIpc) is 2.42. The second-order valence-electron chi connectivity index (χ2n) is 6.11. The zero-order valence-electron chi connectivity index (χ0n) is 12.4. The second kappa shape index (κ2) is 5.51. The van der Waals surface area contributed by atoms with Gasteiger partial charge in [-0.05, 0) is 32.1 Å². The van der Waals surface area contributed by atoms with Crippen LogP contribution in [0.2, 0.25) is 0 Å². The molecule has 2 amide bonds. The van der Waals surface area contributed by atoms with Crippen molar-refractivity contribution in [3.63, 3.8) is 0 Å². The molecule has 0 aromatic carbocycles. The lowest BCUT2D eigenvalue weighted by Crippen LogP contribution is -2.62. The van der Waals surface area contributed by atoms with Gasteiger partial charge in [0.05, 0.1) is 0 Å². The first kappa shape index (κ1) is 16.1. The number of hydrogen-bond donors (Lipinski definition) is 1. The Hall–Kier alpha value is -1.24. The molecule has 21 heavy (non-hydrogen) atoms. The van der Waals surface area contributed by atoms with E-state index in [1.807, 2.05) is 0 Å². The standard InChI is InChI=1S/C14H22F2N2O3/c1-10(19)17(2)11-4-8-18(9-5-11)12(20)14(15,16)13(21)6-3-7-13/h11,21H,3-9H2,1-2H3. The number of nitrogens with zero attached hydrogens (tertiary/aromatic N) is 2. The van der Waals surface area contributed by atoms with Crippen molar-refractivity contribution in [1.82, 2.24) is 9.80 Å². The molecule has 2 fully saturated rings. The predicted molar refractivity (Wildman–Crippen MR) is 71.8 cm³/mol. The molecule has 2 aliphatic rings. The molecule has 1 N–H and O–H groups in total. The Kier molecular flexibility index (Phi) is 4.24. The molecule has 1 aliphatic carbocycles. The van der Waals surface area contributed by atoms with E-state index < -0.39 is 17.4 Å². The molecule has 0 bridgehead atoms. The van der Waals surface area contributed by atoms with E-state index in [0.29, 0.717) is 19.3 Å². The summed E-state index contributed by atoms with van der Waals surface area (Å²) in [7, 11) is 1.68. The summed E-state index contributed by atoms with van der Waals surface area (Å²) in [6.07, 6.45) is 1.42. The molecule has 0 aromatic rings. The summed E-state index contributed by atoms with van der Waals surface area (Å²) in [5.74, 6) is -5.08. The molecule has 0 unspecified atom stereocenters. The lowest BCUT2D eigenvalue weighted by Gasteiger charge is -2.44. The highest BCUT2D eigenvalue weighted by Crippen LogP contribution is 2.45. The van der Waals surface area contributed by atoms with E-state index in [1.165, 1.54) is 6.92 Å². The van der Waals surface area contributed by atoms with Gasteiger partial charge in [-0.3, -0.25) is 9.59 Å². The van der Waals surface area contributed by atoms with Gasteiger partial charge in [-0.25, -0.2) is 0 Å². The fourth-order valence-corrected chi connectivity index (χ4v) is 2.94. The zero-order chi connectivity index (χ0) is 15.8. The van der Waals surface area contributed by atoms with Gasteiger partial charge in [0.15, 0.2) is 0 Å². The third kappa shape index (κ3) is 2.75. The topological polar surface area (TPSA) is 60.9 Å². The van der Waals surface area contributed by atoms with Crippen LogP contribution in [0.4, 0.5) is 8.78 Å². The van der Waals surface area contributed by atoms with Crippen molar-refractivity contribution in [2.75, 3.05) is 20.1 Å². The maximum Gasteiger partial charge on any atom is 0.352 e. The maximum atomic E-state index is 14.1. The Balaban J connectivity index is 1.96. The number of hydrogen-bond acceptors (Lipinski definition) is 3. The Labute approximate surface area is 122 Å². The molecule has 0 aromatic heterocycles. The molecule has 1 saturated heterocycles. The first-order valence-electron chi connectivity index (χ1n) is 7.32. The molecule has 1 heterocycles. The molecule has 2 rings (SSSR count). The minimum atomic E-state index is -3.72. The molecular formula is C14H22F2N2O3. The summed E-state index contributed by atoms with van der Waals surface area (Å²) in [5.41, 5.74) is -2.17. The Morgan fingerprint density at radius 3 is 2.19 bits per heavy atom. The third-order valence-electron chi connectivity index (χ3n) is 4.83. The highest BCUT2D eigenvalue weighted by Gasteiger charge is 2.62. The van der Waals surface area contributed by atoms with Gasteiger partial charge in [-0.15, -0.1) is 0 Å². The van der Waals surface area contributed by atoms with Crippen molar-refractivity contribution in [3.05, 3.63) is 0 Å². The fourth-order valence-electron chi connectivity index (χ4n) is 2.94. The van der Waals surface area contributed by atoms with Crippen molar-refractivity contribution in [3.8, 4) is 0 Å². The normalized spacial score (nSPS) is 22.6. The van der Waals surface area contributed by atoms with E-state index in [2.05, 4.69) is 0 Å². The smallest absolute Gasteiger partial charge is 0.352 e. The first-order valence-corrected chi connectivity index (χ1v) is 7.32. The summed E-state index contributed by atoms with van der Waals surface area (Å²) < 4.78 is 28.2. The van der Waals surface area contributed by atoms with E-state index in [9.17, 15) is 23.5 Å². The molecule has 0 atom stereocenters. The summed E-state index contributed by atoms with van der Waals surface area (Å²) >= 11 is 0. The lowest BCUT2D eigenvalue weighted by atomic mass is 9.75. The zero-order valence-corrected chi connectivity index (χ0v) is 12.4. The minimum Gasteiger partial charge on any atom is -0.383 e. The van der Waals surface area contributed by atoms with Crippen LogP contribution in [0.1, 0.15) is 39.0 Å². The van der Waals surface area contributed by atoms with Gasteiger partial charge in [0.2, 0.25) is 5.91 Å². The van der Waals surface area contributed by atoms with Crippen LogP contribution in [0.3, 0.4) is 0 Å². The number of piperidine rings is 1. The number of amides is 2. The molecule has 1 saturated carbocycles. The molecular weight excluding hydrogens is 282 g/mol. The van der Waals surface area contributed by atoms with Gasteiger partial charge in [-0.1, -0.05) is 0 Å². The summed E-state index contributed by atoms with van der Waals surface area (Å²) in [6.45, 7) is 1.83. The van der Waals surface area contributed by atoms with Crippen molar-refractivity contribution in [2.45, 2.75) is 56.6 Å². The highest BCUT2D eigenvalue weighted by atomic mass is 19.3. The number of rotatable bonds is 3. The summed E-state index contributed by atoms with van der Waals surface area (Å²) in [5, 5.41) is 9.80. The van der Waals surface area contributed by atoms with Crippen molar-refractivity contribution in [2.24, 2.45) is 0 Å². The second-order valence-corrected chi connectivity index (χ2v) is 6.11. The number of carbonyl (C=O) groups is 2. The molecule has 120 valence electrons. The van der Waals surface area contributed by atoms with Crippen molar-refractivity contribution in [1.29, 1.82) is 0 Å². The number of alkyl halides is 2. The van der Waals surface area contributed by atoms with Gasteiger partial charge in [0.1, 0.15) is 5.60 Å². The van der Waals surface area contributed by atoms with Crippen LogP contribution >= 0.6 is 0 Å². The lowest BCUT2D eigenvalue weighted by molar-refractivity contribution is -0.224. The van der Waals surface area contributed by atoms with Gasteiger partial charge < -0.3 is 14.9 Å². The Bertz CT molecular complexity index is 430. The molecule has 7 heteroatoms. The van der Waals surface area contributed by atoms with E-state index in [0.717, 1.165) is 4.90 Å². The average molecular weight is 304 g/mol. The SMILES string of the molecule is CC(=O)N(C)C1CCN(C(=O)C(F)(F)C2(O)CCC2)CC1. The molecule has 1 aliphatic heterocycles. The maximum absolute atomic E-state index is 14.1. The van der Waals surface area contributed by atoms with Gasteiger partial charge in [0.25, 0.3) is 5.91 Å². The molecule has 0 radical (unpaired) electrons. The van der Waals surface area contributed by atoms with Crippen LogP contribution in [-0.4, -0.2) is 64.4 Å². The van der Waals surface area contributed by atoms with E-state index in [1.54, 1.807) is 11.9 Å². The largest absolute Gasteiger partial charge is 0.383 e. The van der Waals surface area contributed by atoms with Gasteiger partial charge in [-0.2, -0.15) is 8.78 Å². The van der Waals surface area contributed by atoms with Crippen LogP contribution in [0, 0.1) is 0 Å². The monoisotopic (exact) mass is 304 g/mol. The van der Waals surface area contributed by atoms with Crippen LogP contribution in [-0.2, 0) is 9.59 Å². The minimum absolute atomic E-state index is 0.0213. The van der Waals surface area contributed by atoms with Gasteiger partial charge in [0, 0.05) is 33.1 Å². The fraction of sp³-hybridized carbons (Fsp3) is 0.857. The highest BCUT2D eigenvalue weighted by molar-refractivity contribution is 5.85. The van der Waals surface area contributed by atoms with E-state index in [4.69, 9.17) is 0 Å². The van der Waals surface area contributed by atoms with Gasteiger partial charge >= 0.3 is 5.92 Å². The van der Waals surface area contributed by atoms with Crippen molar-refractivity contribution >= 4 is 11.8 Å². The molecule has 0 spiro atoms. The van der Waals surface area contributed by atoms with Crippen LogP contribution < -0.4 is 0 Å². The van der Waals surface area contributed by atoms with E-state index >= 15 is 0 Å². The van der Waals surface area contributed by atoms with Crippen LogP contribution in [0.5, 0.6) is 0 Å². The number of likely N-dealkylation sites (tertiary alicyclic amines) is 1. The molecule has 5 nitrogen and oxygen atoms in total. The van der Waals surface area contributed by atoms with Crippen LogP contribution in [0.25, 0.3) is 0 Å². The Morgan fingerprint density at radius 1 is 1.29 bits per heavy atom.